The molecule has 0 fully saturated rings. The average molecular weight is 218 g/mol. The van der Waals surface area contributed by atoms with E-state index in [4.69, 9.17) is 15.3 Å². The van der Waals surface area contributed by atoms with Crippen LogP contribution in [0, 0.1) is 5.41 Å². The summed E-state index contributed by atoms with van der Waals surface area (Å²) < 4.78 is 10.6. The molecular weight excluding hydrogens is 196 g/mol. The van der Waals surface area contributed by atoms with Crippen LogP contribution in [0.2, 0.25) is 0 Å². The van der Waals surface area contributed by atoms with E-state index < -0.39 is 5.41 Å². The highest BCUT2D eigenvalue weighted by Gasteiger charge is 2.26. The molecule has 0 spiro atoms. The van der Waals surface area contributed by atoms with Crippen molar-refractivity contribution in [2.45, 2.75) is 33.8 Å². The first-order chi connectivity index (χ1) is 6.90. The first-order valence-electron chi connectivity index (χ1n) is 5.10. The second kappa shape index (κ2) is 6.76. The van der Waals surface area contributed by atoms with Gasteiger partial charge in [0.05, 0.1) is 31.3 Å². The molecule has 1 amide bonds. The fourth-order valence-electron chi connectivity index (χ4n) is 0.931. The number of carbonyl (C=O) groups excluding carboxylic acids is 1. The zero-order valence-corrected chi connectivity index (χ0v) is 10.0. The van der Waals surface area contributed by atoms with Gasteiger partial charge in [0.1, 0.15) is 0 Å². The van der Waals surface area contributed by atoms with Crippen molar-refractivity contribution in [3.63, 3.8) is 0 Å². The highest BCUT2D eigenvalue weighted by molar-refractivity contribution is 5.81. The van der Waals surface area contributed by atoms with Crippen LogP contribution in [0.25, 0.3) is 0 Å². The van der Waals surface area contributed by atoms with Gasteiger partial charge in [-0.25, -0.2) is 5.84 Å². The van der Waals surface area contributed by atoms with E-state index in [-0.39, 0.29) is 12.0 Å². The van der Waals surface area contributed by atoms with Crippen molar-refractivity contribution in [2.75, 3.05) is 19.8 Å². The van der Waals surface area contributed by atoms with Crippen molar-refractivity contribution in [1.82, 2.24) is 5.43 Å². The van der Waals surface area contributed by atoms with Gasteiger partial charge in [0.25, 0.3) is 0 Å². The molecule has 0 heterocycles. The summed E-state index contributed by atoms with van der Waals surface area (Å²) in [6.45, 7) is 8.84. The molecule has 0 aliphatic carbocycles. The number of hydrogen-bond donors (Lipinski definition) is 2. The molecule has 0 aromatic heterocycles. The first-order valence-corrected chi connectivity index (χ1v) is 5.10. The molecule has 0 bridgehead atoms. The van der Waals surface area contributed by atoms with Crippen LogP contribution in [0.5, 0.6) is 0 Å². The minimum Gasteiger partial charge on any atom is -0.378 e. The van der Waals surface area contributed by atoms with E-state index >= 15 is 0 Å². The summed E-state index contributed by atoms with van der Waals surface area (Å²) >= 11 is 0. The van der Waals surface area contributed by atoms with Gasteiger partial charge in [0.15, 0.2) is 0 Å². The maximum atomic E-state index is 11.3. The van der Waals surface area contributed by atoms with Crippen molar-refractivity contribution in [2.24, 2.45) is 11.3 Å². The standard InChI is InChI=1S/C10H22N2O3/c1-8(2)15-6-5-14-7-10(3,4)9(13)12-11/h8H,5-7,11H2,1-4H3,(H,12,13). The van der Waals surface area contributed by atoms with Gasteiger partial charge in [-0.1, -0.05) is 0 Å². The van der Waals surface area contributed by atoms with Crippen LogP contribution in [0.4, 0.5) is 0 Å². The van der Waals surface area contributed by atoms with Gasteiger partial charge >= 0.3 is 0 Å². The maximum absolute atomic E-state index is 11.3. The van der Waals surface area contributed by atoms with E-state index in [1.54, 1.807) is 13.8 Å². The Labute approximate surface area is 91.3 Å². The number of rotatable bonds is 7. The molecular formula is C10H22N2O3. The first kappa shape index (κ1) is 14.3. The lowest BCUT2D eigenvalue weighted by atomic mass is 9.94. The van der Waals surface area contributed by atoms with E-state index in [1.807, 2.05) is 13.8 Å². The summed E-state index contributed by atoms with van der Waals surface area (Å²) in [7, 11) is 0. The van der Waals surface area contributed by atoms with E-state index in [0.717, 1.165) is 0 Å². The Morgan fingerprint density at radius 1 is 1.40 bits per heavy atom. The van der Waals surface area contributed by atoms with E-state index in [0.29, 0.717) is 19.8 Å². The van der Waals surface area contributed by atoms with Crippen molar-refractivity contribution in [3.8, 4) is 0 Å². The molecule has 0 unspecified atom stereocenters. The van der Waals surface area contributed by atoms with Crippen molar-refractivity contribution in [3.05, 3.63) is 0 Å². The molecule has 0 rings (SSSR count). The summed E-state index contributed by atoms with van der Waals surface area (Å²) in [5.74, 6) is 4.82. The summed E-state index contributed by atoms with van der Waals surface area (Å²) in [5.41, 5.74) is 1.51. The smallest absolute Gasteiger partial charge is 0.241 e. The molecule has 3 N–H and O–H groups in total. The largest absolute Gasteiger partial charge is 0.378 e. The average Bonchev–Trinajstić information content (AvgIpc) is 2.15. The molecule has 0 aromatic carbocycles. The Balaban J connectivity index is 3.62. The van der Waals surface area contributed by atoms with Gasteiger partial charge in [-0.15, -0.1) is 0 Å². The normalized spacial score (nSPS) is 11.9. The lowest BCUT2D eigenvalue weighted by molar-refractivity contribution is -0.133. The molecule has 5 heteroatoms. The third-order valence-electron chi connectivity index (χ3n) is 1.89. The quantitative estimate of drug-likeness (QED) is 0.281. The number of nitrogens with one attached hydrogen (secondary N) is 1. The van der Waals surface area contributed by atoms with Gasteiger partial charge in [0.2, 0.25) is 5.91 Å². The molecule has 0 saturated heterocycles. The van der Waals surface area contributed by atoms with Gasteiger partial charge in [-0.2, -0.15) is 0 Å². The zero-order valence-electron chi connectivity index (χ0n) is 10.0. The SMILES string of the molecule is CC(C)OCCOCC(C)(C)C(=O)NN. The number of hydrogen-bond acceptors (Lipinski definition) is 4. The van der Waals surface area contributed by atoms with Crippen LogP contribution in [0.15, 0.2) is 0 Å². The molecule has 0 atom stereocenters. The predicted octanol–water partition coefficient (Wildman–Crippen LogP) is 0.444. The third kappa shape index (κ3) is 6.43. The van der Waals surface area contributed by atoms with E-state index in [2.05, 4.69) is 5.43 Å². The lowest BCUT2D eigenvalue weighted by Gasteiger charge is -2.22. The Bertz CT molecular complexity index is 193. The van der Waals surface area contributed by atoms with Gasteiger partial charge < -0.3 is 9.47 Å². The predicted molar refractivity (Wildman–Crippen MR) is 58.0 cm³/mol. The van der Waals surface area contributed by atoms with Crippen molar-refractivity contribution in [1.29, 1.82) is 0 Å². The topological polar surface area (TPSA) is 73.6 Å². The Morgan fingerprint density at radius 3 is 2.47 bits per heavy atom. The second-order valence-corrected chi connectivity index (χ2v) is 4.33. The highest BCUT2D eigenvalue weighted by Crippen LogP contribution is 2.14. The second-order valence-electron chi connectivity index (χ2n) is 4.33. The van der Waals surface area contributed by atoms with Gasteiger partial charge in [-0.05, 0) is 27.7 Å². The molecule has 0 aliphatic rings. The number of amides is 1. The highest BCUT2D eigenvalue weighted by atomic mass is 16.5. The minimum absolute atomic E-state index is 0.203. The minimum atomic E-state index is -0.605. The zero-order chi connectivity index (χ0) is 11.9. The Hall–Kier alpha value is -0.650. The lowest BCUT2D eigenvalue weighted by Crippen LogP contribution is -2.43. The van der Waals surface area contributed by atoms with Crippen LogP contribution in [-0.4, -0.2) is 31.8 Å². The molecule has 0 aliphatic heterocycles. The maximum Gasteiger partial charge on any atom is 0.241 e. The number of carbonyl (C=O) groups is 1. The molecule has 0 radical (unpaired) electrons. The Morgan fingerprint density at radius 2 is 2.00 bits per heavy atom. The molecule has 5 nitrogen and oxygen atoms in total. The van der Waals surface area contributed by atoms with Crippen LogP contribution in [0.1, 0.15) is 27.7 Å². The fraction of sp³-hybridized carbons (Fsp3) is 0.900. The molecule has 15 heavy (non-hydrogen) atoms. The summed E-state index contributed by atoms with van der Waals surface area (Å²) in [5, 5.41) is 0. The van der Waals surface area contributed by atoms with Crippen LogP contribution in [-0.2, 0) is 14.3 Å². The van der Waals surface area contributed by atoms with Crippen LogP contribution < -0.4 is 11.3 Å². The molecule has 0 aromatic rings. The molecule has 90 valence electrons. The van der Waals surface area contributed by atoms with Gasteiger partial charge in [0, 0.05) is 0 Å². The van der Waals surface area contributed by atoms with E-state index in [1.165, 1.54) is 0 Å². The fourth-order valence-corrected chi connectivity index (χ4v) is 0.931. The Kier molecular flexibility index (Phi) is 6.47. The molecule has 0 saturated carbocycles. The summed E-state index contributed by atoms with van der Waals surface area (Å²) in [4.78, 5) is 11.3. The van der Waals surface area contributed by atoms with Crippen LogP contribution >= 0.6 is 0 Å². The van der Waals surface area contributed by atoms with Crippen molar-refractivity contribution < 1.29 is 14.3 Å². The number of nitrogens with two attached hydrogens (primary N) is 1. The van der Waals surface area contributed by atoms with Crippen LogP contribution in [0.3, 0.4) is 0 Å². The number of hydrazine groups is 1. The van der Waals surface area contributed by atoms with Gasteiger partial charge in [-0.3, -0.25) is 10.2 Å². The summed E-state index contributed by atoms with van der Waals surface area (Å²) in [6.07, 6.45) is 0.203. The number of ether oxygens (including phenoxy) is 2. The monoisotopic (exact) mass is 218 g/mol. The third-order valence-corrected chi connectivity index (χ3v) is 1.89. The van der Waals surface area contributed by atoms with E-state index in [9.17, 15) is 4.79 Å². The van der Waals surface area contributed by atoms with Crippen molar-refractivity contribution >= 4 is 5.91 Å². The summed E-state index contributed by atoms with van der Waals surface area (Å²) in [6, 6.07) is 0.